The van der Waals surface area contributed by atoms with Crippen molar-refractivity contribution < 1.29 is 9.59 Å². The van der Waals surface area contributed by atoms with E-state index in [2.05, 4.69) is 10.4 Å². The molecule has 2 unspecified atom stereocenters. The Hall–Kier alpha value is -2.63. The second kappa shape index (κ2) is 6.47. The number of carbonyl (C=O) groups is 2. The van der Waals surface area contributed by atoms with E-state index >= 15 is 0 Å². The molecule has 0 radical (unpaired) electrons. The topological polar surface area (TPSA) is 67.2 Å². The van der Waals surface area contributed by atoms with E-state index in [0.29, 0.717) is 0 Å². The molecule has 2 heterocycles. The van der Waals surface area contributed by atoms with E-state index in [9.17, 15) is 9.59 Å². The molecule has 1 aromatic heterocycles. The number of imide groups is 1. The van der Waals surface area contributed by atoms with Crippen LogP contribution in [0.5, 0.6) is 0 Å². The van der Waals surface area contributed by atoms with Crippen LogP contribution in [0.25, 0.3) is 11.1 Å². The molecule has 1 N–H and O–H groups in total. The molecule has 1 aliphatic heterocycles. The van der Waals surface area contributed by atoms with Crippen molar-refractivity contribution in [1.29, 1.82) is 0 Å². The number of rotatable bonds is 5. The molecule has 6 heteroatoms. The third-order valence-corrected chi connectivity index (χ3v) is 4.63. The van der Waals surface area contributed by atoms with E-state index in [1.807, 2.05) is 51.4 Å². The first-order chi connectivity index (χ1) is 11.5. The van der Waals surface area contributed by atoms with Gasteiger partial charge in [-0.3, -0.25) is 14.4 Å². The summed E-state index contributed by atoms with van der Waals surface area (Å²) in [6, 6.07) is 7.05. The number of nitrogens with one attached hydrogen (secondary N) is 1. The van der Waals surface area contributed by atoms with Crippen molar-refractivity contribution in [2.45, 2.75) is 32.9 Å². The van der Waals surface area contributed by atoms with E-state index in [-0.39, 0.29) is 24.4 Å². The second-order valence-corrected chi connectivity index (χ2v) is 6.30. The van der Waals surface area contributed by atoms with Crippen LogP contribution in [0.1, 0.15) is 25.8 Å². The molecule has 126 valence electrons. The van der Waals surface area contributed by atoms with Crippen molar-refractivity contribution in [2.24, 2.45) is 13.0 Å². The van der Waals surface area contributed by atoms with Gasteiger partial charge in [0.2, 0.25) is 0 Å². The summed E-state index contributed by atoms with van der Waals surface area (Å²) in [5.74, 6) is -0.0182. The first-order valence-corrected chi connectivity index (χ1v) is 8.20. The first-order valence-electron chi connectivity index (χ1n) is 8.20. The van der Waals surface area contributed by atoms with Gasteiger partial charge in [-0.2, -0.15) is 5.10 Å². The minimum Gasteiger partial charge on any atom is -0.326 e. The monoisotopic (exact) mass is 326 g/mol. The Morgan fingerprint density at radius 3 is 2.71 bits per heavy atom. The lowest BCUT2D eigenvalue weighted by Crippen LogP contribution is -2.35. The summed E-state index contributed by atoms with van der Waals surface area (Å²) < 4.78 is 1.73. The molecule has 1 aliphatic rings. The zero-order valence-electron chi connectivity index (χ0n) is 14.2. The highest BCUT2D eigenvalue weighted by Gasteiger charge is 2.40. The molecule has 0 saturated carbocycles. The normalized spacial score (nSPS) is 18.8. The Kier molecular flexibility index (Phi) is 4.38. The highest BCUT2D eigenvalue weighted by Crippen LogP contribution is 2.26. The second-order valence-electron chi connectivity index (χ2n) is 6.30. The van der Waals surface area contributed by atoms with Gasteiger partial charge in [-0.25, -0.2) is 4.79 Å². The van der Waals surface area contributed by atoms with Crippen LogP contribution in [-0.4, -0.2) is 32.7 Å². The quantitative estimate of drug-likeness (QED) is 0.859. The number of hydrogen-bond donors (Lipinski definition) is 1. The number of carbonyl (C=O) groups excluding carboxylic acids is 2. The van der Waals surface area contributed by atoms with Crippen LogP contribution in [0.2, 0.25) is 0 Å². The molecule has 0 aliphatic carbocycles. The summed E-state index contributed by atoms with van der Waals surface area (Å²) in [5, 5.41) is 7.01. The summed E-state index contributed by atoms with van der Waals surface area (Å²) in [7, 11) is 1.86. The van der Waals surface area contributed by atoms with E-state index in [1.54, 1.807) is 10.9 Å². The van der Waals surface area contributed by atoms with E-state index < -0.39 is 6.04 Å². The van der Waals surface area contributed by atoms with Crippen LogP contribution in [0.3, 0.4) is 0 Å². The van der Waals surface area contributed by atoms with Crippen molar-refractivity contribution in [1.82, 2.24) is 20.0 Å². The smallest absolute Gasteiger partial charge is 0.325 e. The number of aryl methyl sites for hydroxylation is 1. The van der Waals surface area contributed by atoms with Crippen molar-refractivity contribution in [3.63, 3.8) is 0 Å². The fourth-order valence-electron chi connectivity index (χ4n) is 2.98. The standard InChI is InChI=1S/C18H22N4O2/c1-4-12(2)16-17(23)22(18(24)20-16)11-13-7-5-6-8-15(13)14-9-19-21(3)10-14/h5-10,12,16H,4,11H2,1-3H3,(H,20,24). The van der Waals surface area contributed by atoms with Crippen LogP contribution in [0, 0.1) is 5.92 Å². The lowest BCUT2D eigenvalue weighted by molar-refractivity contribution is -0.128. The van der Waals surface area contributed by atoms with Crippen molar-refractivity contribution in [3.05, 3.63) is 42.2 Å². The summed E-state index contributed by atoms with van der Waals surface area (Å²) in [6.07, 6.45) is 4.55. The molecule has 1 saturated heterocycles. The maximum atomic E-state index is 12.6. The zero-order chi connectivity index (χ0) is 17.3. The number of amides is 3. The van der Waals surface area contributed by atoms with E-state index in [4.69, 9.17) is 0 Å². The molecule has 0 spiro atoms. The van der Waals surface area contributed by atoms with Crippen molar-refractivity contribution in [2.75, 3.05) is 0 Å². The maximum absolute atomic E-state index is 12.6. The van der Waals surface area contributed by atoms with Crippen LogP contribution in [0.15, 0.2) is 36.7 Å². The van der Waals surface area contributed by atoms with Crippen LogP contribution < -0.4 is 5.32 Å². The van der Waals surface area contributed by atoms with Crippen molar-refractivity contribution in [3.8, 4) is 11.1 Å². The van der Waals surface area contributed by atoms with Crippen LogP contribution in [0.4, 0.5) is 4.79 Å². The fraction of sp³-hybridized carbons (Fsp3) is 0.389. The molecule has 0 bridgehead atoms. The van der Waals surface area contributed by atoms with Gasteiger partial charge in [0.05, 0.1) is 12.7 Å². The molecule has 3 amide bonds. The molecular formula is C18H22N4O2. The van der Waals surface area contributed by atoms with Gasteiger partial charge >= 0.3 is 6.03 Å². The minimum absolute atomic E-state index is 0.125. The minimum atomic E-state index is -0.423. The van der Waals surface area contributed by atoms with Crippen LogP contribution >= 0.6 is 0 Å². The van der Waals surface area contributed by atoms with Crippen LogP contribution in [-0.2, 0) is 18.4 Å². The SMILES string of the molecule is CCC(C)C1NC(=O)N(Cc2ccccc2-c2cnn(C)c2)C1=O. The third kappa shape index (κ3) is 2.91. The Bertz CT molecular complexity index is 768. The third-order valence-electron chi connectivity index (χ3n) is 4.63. The molecule has 3 rings (SSSR count). The number of urea groups is 1. The molecule has 1 fully saturated rings. The Morgan fingerprint density at radius 1 is 1.29 bits per heavy atom. The summed E-state index contributed by atoms with van der Waals surface area (Å²) in [4.78, 5) is 26.2. The van der Waals surface area contributed by atoms with Crippen molar-refractivity contribution >= 4 is 11.9 Å². The predicted molar refractivity (Wildman–Crippen MR) is 91.0 cm³/mol. The predicted octanol–water partition coefficient (Wildman–Crippen LogP) is 2.55. The lowest BCUT2D eigenvalue weighted by atomic mass is 9.99. The molecule has 24 heavy (non-hydrogen) atoms. The maximum Gasteiger partial charge on any atom is 0.325 e. The van der Waals surface area contributed by atoms with Gasteiger partial charge in [0.25, 0.3) is 5.91 Å². The van der Waals surface area contributed by atoms with Gasteiger partial charge in [0.15, 0.2) is 0 Å². The summed E-state index contributed by atoms with van der Waals surface area (Å²) >= 11 is 0. The van der Waals surface area contributed by atoms with Gasteiger partial charge in [-0.05, 0) is 17.0 Å². The van der Waals surface area contributed by atoms with E-state index in [1.165, 1.54) is 4.90 Å². The highest BCUT2D eigenvalue weighted by atomic mass is 16.2. The van der Waals surface area contributed by atoms with Gasteiger partial charge in [0, 0.05) is 18.8 Å². The summed E-state index contributed by atoms with van der Waals surface area (Å²) in [6.45, 7) is 4.27. The zero-order valence-corrected chi connectivity index (χ0v) is 14.2. The number of hydrogen-bond acceptors (Lipinski definition) is 3. The summed E-state index contributed by atoms with van der Waals surface area (Å²) in [5.41, 5.74) is 2.88. The molecule has 6 nitrogen and oxygen atoms in total. The Morgan fingerprint density at radius 2 is 2.04 bits per heavy atom. The number of benzene rings is 1. The Balaban J connectivity index is 1.87. The van der Waals surface area contributed by atoms with Gasteiger partial charge in [-0.1, -0.05) is 44.5 Å². The van der Waals surface area contributed by atoms with Gasteiger partial charge in [-0.15, -0.1) is 0 Å². The number of nitrogens with zero attached hydrogens (tertiary/aromatic N) is 3. The van der Waals surface area contributed by atoms with Gasteiger partial charge in [0.1, 0.15) is 6.04 Å². The van der Waals surface area contributed by atoms with Gasteiger partial charge < -0.3 is 5.32 Å². The average Bonchev–Trinajstić information content (AvgIpc) is 3.13. The van der Waals surface area contributed by atoms with E-state index in [0.717, 1.165) is 23.1 Å². The average molecular weight is 326 g/mol. The molecule has 2 atom stereocenters. The largest absolute Gasteiger partial charge is 0.326 e. The molecule has 2 aromatic rings. The highest BCUT2D eigenvalue weighted by molar-refractivity contribution is 6.04. The Labute approximate surface area is 141 Å². The molecular weight excluding hydrogens is 304 g/mol. The lowest BCUT2D eigenvalue weighted by Gasteiger charge is -2.17. The number of aromatic nitrogens is 2. The fourth-order valence-corrected chi connectivity index (χ4v) is 2.98. The molecule has 1 aromatic carbocycles. The first kappa shape index (κ1) is 16.2.